The summed E-state index contributed by atoms with van der Waals surface area (Å²) >= 11 is 3.41. The van der Waals surface area contributed by atoms with E-state index in [9.17, 15) is 4.79 Å². The number of anilines is 1. The summed E-state index contributed by atoms with van der Waals surface area (Å²) in [5.74, 6) is -0.00267. The molecule has 0 aliphatic rings. The Bertz CT molecular complexity index is 1120. The van der Waals surface area contributed by atoms with Crippen LogP contribution in [0, 0.1) is 13.8 Å². The molecule has 0 bridgehead atoms. The third-order valence-electron chi connectivity index (χ3n) is 4.19. The summed E-state index contributed by atoms with van der Waals surface area (Å²) in [6.45, 7) is 3.79. The predicted molar refractivity (Wildman–Crippen MR) is 100 cm³/mol. The number of hydrogen-bond donors (Lipinski definition) is 1. The van der Waals surface area contributed by atoms with Crippen molar-refractivity contribution in [1.82, 2.24) is 20.2 Å². The van der Waals surface area contributed by atoms with Crippen molar-refractivity contribution in [3.05, 3.63) is 64.1 Å². The molecule has 2 heterocycles. The van der Waals surface area contributed by atoms with E-state index < -0.39 is 0 Å². The number of aromatic nitrogens is 4. The van der Waals surface area contributed by atoms with Gasteiger partial charge in [0.2, 0.25) is 0 Å². The molecule has 0 aliphatic carbocycles. The number of amides is 1. The number of carbonyl (C=O) groups excluding carboxylic acids is 1. The smallest absolute Gasteiger partial charge is 0.291 e. The Labute approximate surface area is 157 Å². The number of hydrogen-bond acceptors (Lipinski definition) is 5. The van der Waals surface area contributed by atoms with Gasteiger partial charge in [-0.05, 0) is 60.2 Å². The Balaban J connectivity index is 1.68. The maximum atomic E-state index is 12.8. The van der Waals surface area contributed by atoms with Crippen molar-refractivity contribution < 1.29 is 9.21 Å². The largest absolute Gasteiger partial charge is 0.451 e. The minimum Gasteiger partial charge on any atom is -0.451 e. The Hall–Kier alpha value is -3.00. The zero-order chi connectivity index (χ0) is 18.3. The lowest BCUT2D eigenvalue weighted by atomic mass is 10.1. The Morgan fingerprint density at radius 2 is 2.04 bits per heavy atom. The molecule has 7 nitrogen and oxygen atoms in total. The second-order valence-electron chi connectivity index (χ2n) is 5.90. The van der Waals surface area contributed by atoms with Crippen LogP contribution in [0.4, 0.5) is 5.69 Å². The molecule has 4 rings (SSSR count). The van der Waals surface area contributed by atoms with Crippen LogP contribution in [-0.2, 0) is 0 Å². The minimum atomic E-state index is -0.299. The second-order valence-corrected chi connectivity index (χ2v) is 6.82. The lowest BCUT2D eigenvalue weighted by Crippen LogP contribution is -2.13. The molecule has 0 fully saturated rings. The molecule has 0 aliphatic heterocycles. The summed E-state index contributed by atoms with van der Waals surface area (Å²) in [6, 6.07) is 11.3. The molecule has 1 amide bonds. The molecule has 2 aromatic heterocycles. The van der Waals surface area contributed by atoms with E-state index in [0.717, 1.165) is 26.7 Å². The molecule has 4 aromatic rings. The molecule has 0 spiro atoms. The van der Waals surface area contributed by atoms with Crippen LogP contribution in [0.15, 0.2) is 51.6 Å². The van der Waals surface area contributed by atoms with Crippen molar-refractivity contribution in [3.8, 4) is 5.69 Å². The summed E-state index contributed by atoms with van der Waals surface area (Å²) in [5.41, 5.74) is 3.82. The first-order valence-electron chi connectivity index (χ1n) is 7.87. The molecular formula is C18H14BrN5O2. The highest BCUT2D eigenvalue weighted by Crippen LogP contribution is 2.29. The first kappa shape index (κ1) is 16.5. The Morgan fingerprint density at radius 3 is 2.81 bits per heavy atom. The summed E-state index contributed by atoms with van der Waals surface area (Å²) < 4.78 is 8.20. The maximum absolute atomic E-state index is 12.8. The third kappa shape index (κ3) is 2.88. The number of halogens is 1. The fourth-order valence-corrected chi connectivity index (χ4v) is 3.10. The van der Waals surface area contributed by atoms with E-state index in [1.54, 1.807) is 0 Å². The molecule has 0 atom stereocenters. The summed E-state index contributed by atoms with van der Waals surface area (Å²) in [6.07, 6.45) is 1.50. The fourth-order valence-electron chi connectivity index (χ4n) is 2.76. The van der Waals surface area contributed by atoms with Gasteiger partial charge in [0.05, 0.1) is 5.69 Å². The third-order valence-corrected chi connectivity index (χ3v) is 4.68. The highest BCUT2D eigenvalue weighted by atomic mass is 79.9. The second kappa shape index (κ2) is 6.38. The number of tetrazole rings is 1. The van der Waals surface area contributed by atoms with Crippen LogP contribution < -0.4 is 5.32 Å². The van der Waals surface area contributed by atoms with E-state index in [4.69, 9.17) is 4.42 Å². The van der Waals surface area contributed by atoms with Crippen molar-refractivity contribution in [3.63, 3.8) is 0 Å². The van der Waals surface area contributed by atoms with Gasteiger partial charge >= 0.3 is 0 Å². The maximum Gasteiger partial charge on any atom is 0.291 e. The van der Waals surface area contributed by atoms with Gasteiger partial charge in [0.1, 0.15) is 11.9 Å². The number of furan rings is 1. The first-order chi connectivity index (χ1) is 12.5. The summed E-state index contributed by atoms with van der Waals surface area (Å²) in [4.78, 5) is 12.8. The van der Waals surface area contributed by atoms with Crippen molar-refractivity contribution in [2.75, 3.05) is 5.32 Å². The molecule has 26 heavy (non-hydrogen) atoms. The number of fused-ring (bicyclic) bond motifs is 1. The van der Waals surface area contributed by atoms with E-state index in [2.05, 4.69) is 36.8 Å². The Kier molecular flexibility index (Phi) is 4.04. The molecule has 2 aromatic carbocycles. The zero-order valence-electron chi connectivity index (χ0n) is 14.0. The van der Waals surface area contributed by atoms with Crippen molar-refractivity contribution in [1.29, 1.82) is 0 Å². The van der Waals surface area contributed by atoms with Crippen LogP contribution in [-0.4, -0.2) is 26.1 Å². The van der Waals surface area contributed by atoms with Crippen LogP contribution in [0.2, 0.25) is 0 Å². The van der Waals surface area contributed by atoms with Gasteiger partial charge in [-0.3, -0.25) is 4.79 Å². The van der Waals surface area contributed by atoms with Crippen molar-refractivity contribution >= 4 is 38.5 Å². The van der Waals surface area contributed by atoms with Crippen LogP contribution in [0.25, 0.3) is 16.7 Å². The highest BCUT2D eigenvalue weighted by molar-refractivity contribution is 9.10. The van der Waals surface area contributed by atoms with Gasteiger partial charge in [0, 0.05) is 21.1 Å². The van der Waals surface area contributed by atoms with E-state index in [0.29, 0.717) is 17.0 Å². The van der Waals surface area contributed by atoms with Gasteiger partial charge in [-0.1, -0.05) is 22.0 Å². The normalized spacial score (nSPS) is 11.0. The van der Waals surface area contributed by atoms with Crippen LogP contribution in [0.5, 0.6) is 0 Å². The standard InChI is InChI=1S/C18H14BrN5O2/c1-10-3-5-13(24-9-20-22-23-24)8-15(10)21-18(25)17-11(2)14-6-4-12(19)7-16(14)26-17/h3-9H,1-2H3,(H,21,25). The highest BCUT2D eigenvalue weighted by Gasteiger charge is 2.19. The van der Waals surface area contributed by atoms with Crippen molar-refractivity contribution in [2.24, 2.45) is 0 Å². The monoisotopic (exact) mass is 411 g/mol. The quantitative estimate of drug-likeness (QED) is 0.549. The minimum absolute atomic E-state index is 0.297. The van der Waals surface area contributed by atoms with E-state index >= 15 is 0 Å². The number of benzene rings is 2. The van der Waals surface area contributed by atoms with Crippen molar-refractivity contribution in [2.45, 2.75) is 13.8 Å². The molecule has 0 unspecified atom stereocenters. The average molecular weight is 412 g/mol. The number of nitrogens with zero attached hydrogens (tertiary/aromatic N) is 4. The van der Waals surface area contributed by atoms with Crippen LogP contribution in [0.1, 0.15) is 21.7 Å². The van der Waals surface area contributed by atoms with Crippen LogP contribution >= 0.6 is 15.9 Å². The molecule has 0 saturated carbocycles. The Morgan fingerprint density at radius 1 is 1.19 bits per heavy atom. The summed E-state index contributed by atoms with van der Waals surface area (Å²) in [5, 5.41) is 15.0. The van der Waals surface area contributed by atoms with Gasteiger partial charge in [0.15, 0.2) is 5.76 Å². The SMILES string of the molecule is Cc1ccc(-n2cnnn2)cc1NC(=O)c1oc2cc(Br)ccc2c1C. The van der Waals surface area contributed by atoms with Gasteiger partial charge < -0.3 is 9.73 Å². The number of nitrogens with one attached hydrogen (secondary N) is 1. The average Bonchev–Trinajstić information content (AvgIpc) is 3.25. The first-order valence-corrected chi connectivity index (χ1v) is 8.66. The molecular weight excluding hydrogens is 398 g/mol. The van der Waals surface area contributed by atoms with Gasteiger partial charge in [-0.2, -0.15) is 0 Å². The number of carbonyl (C=O) groups is 1. The molecule has 0 radical (unpaired) electrons. The summed E-state index contributed by atoms with van der Waals surface area (Å²) in [7, 11) is 0. The molecule has 130 valence electrons. The number of aryl methyl sites for hydroxylation is 2. The molecule has 0 saturated heterocycles. The topological polar surface area (TPSA) is 85.8 Å². The lowest BCUT2D eigenvalue weighted by molar-refractivity contribution is 0.0998. The fraction of sp³-hybridized carbons (Fsp3) is 0.111. The van der Waals surface area contributed by atoms with Gasteiger partial charge in [-0.15, -0.1) is 5.10 Å². The molecule has 8 heteroatoms. The van der Waals surface area contributed by atoms with Gasteiger partial charge in [-0.25, -0.2) is 4.68 Å². The lowest BCUT2D eigenvalue weighted by Gasteiger charge is -2.09. The van der Waals surface area contributed by atoms with E-state index in [1.807, 2.05) is 50.2 Å². The van der Waals surface area contributed by atoms with E-state index in [1.165, 1.54) is 11.0 Å². The van der Waals surface area contributed by atoms with E-state index in [-0.39, 0.29) is 5.91 Å². The number of rotatable bonds is 3. The van der Waals surface area contributed by atoms with Gasteiger partial charge in [0.25, 0.3) is 5.91 Å². The molecule has 1 N–H and O–H groups in total. The van der Waals surface area contributed by atoms with Crippen LogP contribution in [0.3, 0.4) is 0 Å². The zero-order valence-corrected chi connectivity index (χ0v) is 15.6. The predicted octanol–water partition coefficient (Wildman–Crippen LogP) is 4.04.